The van der Waals surface area contributed by atoms with Gasteiger partial charge in [-0.2, -0.15) is 0 Å². The number of nitrogens with one attached hydrogen (secondary N) is 1. The molecule has 1 aliphatic carbocycles. The number of ether oxygens (including phenoxy) is 1. The van der Waals surface area contributed by atoms with Gasteiger partial charge in [0.15, 0.2) is 0 Å². The van der Waals surface area contributed by atoms with Crippen LogP contribution in [0.1, 0.15) is 54.8 Å². The molecule has 120 valence electrons. The van der Waals surface area contributed by atoms with E-state index in [1.54, 1.807) is 0 Å². The van der Waals surface area contributed by atoms with Crippen molar-refractivity contribution in [2.75, 3.05) is 0 Å². The summed E-state index contributed by atoms with van der Waals surface area (Å²) >= 11 is 0. The number of rotatable bonds is 3. The lowest BCUT2D eigenvalue weighted by molar-refractivity contribution is 0.0364. The number of fused-ring (bicyclic) bond motifs is 1. The van der Waals surface area contributed by atoms with Crippen molar-refractivity contribution in [2.24, 2.45) is 0 Å². The zero-order chi connectivity index (χ0) is 15.7. The molecule has 1 fully saturated rings. The molecule has 0 amide bonds. The number of benzene rings is 2. The highest BCUT2D eigenvalue weighted by Crippen LogP contribution is 2.47. The molecular weight excluding hydrogens is 282 g/mol. The van der Waals surface area contributed by atoms with Gasteiger partial charge >= 0.3 is 0 Å². The maximum atomic E-state index is 6.50. The standard InChI is InChI=1S/C21H25NO/c1-16-9-10-18-19(22-15-17-7-3-2-4-8-17)14-21(11-5-6-12-21)23-20(18)13-16/h2-4,7-10,13,19,22H,5-6,11-12,14-15H2,1H3. The molecule has 0 radical (unpaired) electrons. The maximum Gasteiger partial charge on any atom is 0.125 e. The van der Waals surface area contributed by atoms with Crippen molar-refractivity contribution >= 4 is 0 Å². The minimum absolute atomic E-state index is 0.0646. The van der Waals surface area contributed by atoms with E-state index in [9.17, 15) is 0 Å². The van der Waals surface area contributed by atoms with Crippen LogP contribution >= 0.6 is 0 Å². The second-order valence-corrected chi connectivity index (χ2v) is 7.16. The zero-order valence-corrected chi connectivity index (χ0v) is 13.8. The summed E-state index contributed by atoms with van der Waals surface area (Å²) in [5.74, 6) is 1.10. The third-order valence-corrected chi connectivity index (χ3v) is 5.36. The molecule has 1 N–H and O–H groups in total. The van der Waals surface area contributed by atoms with Gasteiger partial charge in [-0.1, -0.05) is 42.5 Å². The van der Waals surface area contributed by atoms with Crippen LogP contribution in [0.2, 0.25) is 0 Å². The van der Waals surface area contributed by atoms with Gasteiger partial charge in [0.25, 0.3) is 0 Å². The lowest BCUT2D eigenvalue weighted by Crippen LogP contribution is -2.42. The summed E-state index contributed by atoms with van der Waals surface area (Å²) in [6.45, 7) is 3.06. The van der Waals surface area contributed by atoms with Gasteiger partial charge in [0, 0.05) is 24.6 Å². The predicted molar refractivity (Wildman–Crippen MR) is 93.6 cm³/mol. The SMILES string of the molecule is Cc1ccc2c(c1)OC1(CCCC1)CC2NCc1ccccc1. The zero-order valence-electron chi connectivity index (χ0n) is 13.8. The molecule has 0 bridgehead atoms. The Hall–Kier alpha value is -1.80. The molecule has 2 heteroatoms. The van der Waals surface area contributed by atoms with Crippen LogP contribution in [0.4, 0.5) is 0 Å². The average Bonchev–Trinajstić information content (AvgIpc) is 3.00. The van der Waals surface area contributed by atoms with Crippen LogP contribution in [0.15, 0.2) is 48.5 Å². The number of aryl methyl sites for hydroxylation is 1. The molecule has 4 rings (SSSR count). The predicted octanol–water partition coefficient (Wildman–Crippen LogP) is 4.92. The fourth-order valence-electron chi connectivity index (χ4n) is 4.12. The first-order chi connectivity index (χ1) is 11.2. The highest BCUT2D eigenvalue weighted by Gasteiger charge is 2.42. The van der Waals surface area contributed by atoms with E-state index in [-0.39, 0.29) is 5.60 Å². The fraction of sp³-hybridized carbons (Fsp3) is 0.429. The van der Waals surface area contributed by atoms with Crippen molar-refractivity contribution in [2.45, 2.75) is 57.2 Å². The smallest absolute Gasteiger partial charge is 0.125 e. The van der Waals surface area contributed by atoms with E-state index in [0.29, 0.717) is 6.04 Å². The molecule has 2 nitrogen and oxygen atoms in total. The Morgan fingerprint density at radius 3 is 2.65 bits per heavy atom. The molecule has 1 aliphatic heterocycles. The van der Waals surface area contributed by atoms with Crippen LogP contribution in [0.3, 0.4) is 0 Å². The summed E-state index contributed by atoms with van der Waals surface area (Å²) in [7, 11) is 0. The van der Waals surface area contributed by atoms with Crippen LogP contribution in [0.5, 0.6) is 5.75 Å². The summed E-state index contributed by atoms with van der Waals surface area (Å²) in [5.41, 5.74) is 4.01. The third-order valence-electron chi connectivity index (χ3n) is 5.36. The monoisotopic (exact) mass is 307 g/mol. The van der Waals surface area contributed by atoms with Crippen LogP contribution in [-0.4, -0.2) is 5.60 Å². The number of hydrogen-bond acceptors (Lipinski definition) is 2. The Bertz CT molecular complexity index is 673. The minimum Gasteiger partial charge on any atom is -0.487 e. The topological polar surface area (TPSA) is 21.3 Å². The van der Waals surface area contributed by atoms with E-state index in [1.807, 2.05) is 0 Å². The molecule has 0 saturated heterocycles. The molecule has 1 saturated carbocycles. The van der Waals surface area contributed by atoms with Crippen molar-refractivity contribution in [3.8, 4) is 5.75 Å². The van der Waals surface area contributed by atoms with Gasteiger partial charge in [-0.3, -0.25) is 0 Å². The molecule has 1 heterocycles. The molecule has 23 heavy (non-hydrogen) atoms. The van der Waals surface area contributed by atoms with Crippen LogP contribution in [0, 0.1) is 6.92 Å². The van der Waals surface area contributed by atoms with Gasteiger partial charge < -0.3 is 10.1 Å². The Balaban J connectivity index is 1.59. The van der Waals surface area contributed by atoms with Gasteiger partial charge in [0.2, 0.25) is 0 Å². The van der Waals surface area contributed by atoms with E-state index in [1.165, 1.54) is 42.4 Å². The molecule has 2 aliphatic rings. The number of hydrogen-bond donors (Lipinski definition) is 1. The van der Waals surface area contributed by atoms with Gasteiger partial charge in [0.1, 0.15) is 11.4 Å². The molecule has 1 atom stereocenters. The Labute approximate surface area is 138 Å². The lowest BCUT2D eigenvalue weighted by atomic mass is 9.85. The molecule has 0 aromatic heterocycles. The average molecular weight is 307 g/mol. The summed E-state index contributed by atoms with van der Waals surface area (Å²) in [6.07, 6.45) is 6.09. The van der Waals surface area contributed by atoms with Crippen molar-refractivity contribution in [3.63, 3.8) is 0 Å². The van der Waals surface area contributed by atoms with E-state index >= 15 is 0 Å². The molecule has 1 unspecified atom stereocenters. The second kappa shape index (κ2) is 6.01. The van der Waals surface area contributed by atoms with Crippen molar-refractivity contribution in [3.05, 3.63) is 65.2 Å². The van der Waals surface area contributed by atoms with Gasteiger partial charge in [-0.15, -0.1) is 0 Å². The van der Waals surface area contributed by atoms with Crippen LogP contribution in [0.25, 0.3) is 0 Å². The Morgan fingerprint density at radius 1 is 1.09 bits per heavy atom. The van der Waals surface area contributed by atoms with E-state index in [2.05, 4.69) is 60.8 Å². The highest BCUT2D eigenvalue weighted by molar-refractivity contribution is 5.42. The fourth-order valence-corrected chi connectivity index (χ4v) is 4.12. The maximum absolute atomic E-state index is 6.50. The third kappa shape index (κ3) is 3.00. The first kappa shape index (κ1) is 14.8. The first-order valence-corrected chi connectivity index (χ1v) is 8.81. The first-order valence-electron chi connectivity index (χ1n) is 8.81. The summed E-state index contributed by atoms with van der Waals surface area (Å²) in [6, 6.07) is 17.7. The largest absolute Gasteiger partial charge is 0.487 e. The Kier molecular flexibility index (Phi) is 3.86. The van der Waals surface area contributed by atoms with Gasteiger partial charge in [-0.25, -0.2) is 0 Å². The molecule has 2 aromatic carbocycles. The summed E-state index contributed by atoms with van der Waals surface area (Å²) in [4.78, 5) is 0. The summed E-state index contributed by atoms with van der Waals surface area (Å²) < 4.78 is 6.50. The summed E-state index contributed by atoms with van der Waals surface area (Å²) in [5, 5.41) is 3.78. The lowest BCUT2D eigenvalue weighted by Gasteiger charge is -2.40. The normalized spacial score (nSPS) is 21.9. The second-order valence-electron chi connectivity index (χ2n) is 7.16. The van der Waals surface area contributed by atoms with E-state index < -0.39 is 0 Å². The van der Waals surface area contributed by atoms with Crippen molar-refractivity contribution in [1.82, 2.24) is 5.32 Å². The van der Waals surface area contributed by atoms with Gasteiger partial charge in [-0.05, 0) is 49.8 Å². The minimum atomic E-state index is 0.0646. The molecular formula is C21H25NO. The van der Waals surface area contributed by atoms with E-state index in [0.717, 1.165) is 18.7 Å². The van der Waals surface area contributed by atoms with Gasteiger partial charge in [0.05, 0.1) is 0 Å². The Morgan fingerprint density at radius 2 is 1.87 bits per heavy atom. The van der Waals surface area contributed by atoms with Crippen molar-refractivity contribution < 1.29 is 4.74 Å². The van der Waals surface area contributed by atoms with Crippen LogP contribution in [-0.2, 0) is 6.54 Å². The van der Waals surface area contributed by atoms with E-state index in [4.69, 9.17) is 4.74 Å². The quantitative estimate of drug-likeness (QED) is 0.869. The van der Waals surface area contributed by atoms with Crippen molar-refractivity contribution in [1.29, 1.82) is 0 Å². The highest BCUT2D eigenvalue weighted by atomic mass is 16.5. The van der Waals surface area contributed by atoms with Crippen LogP contribution < -0.4 is 10.1 Å². The molecule has 2 aromatic rings. The molecule has 1 spiro atoms.